The van der Waals surface area contributed by atoms with Crippen molar-refractivity contribution < 1.29 is 19.0 Å². The number of nitrogens with zero attached hydrogens (tertiary/aromatic N) is 2. The highest BCUT2D eigenvalue weighted by atomic mass is 35.5. The van der Waals surface area contributed by atoms with E-state index < -0.39 is 5.97 Å². The van der Waals surface area contributed by atoms with Gasteiger partial charge in [0, 0.05) is 0 Å². The summed E-state index contributed by atoms with van der Waals surface area (Å²) in [5.41, 5.74) is 4.10. The fraction of sp³-hybridized carbons (Fsp3) is 0.312. The summed E-state index contributed by atoms with van der Waals surface area (Å²) in [7, 11) is 2.86. The molecule has 0 aliphatic heterocycles. The van der Waals surface area contributed by atoms with Crippen LogP contribution in [0.25, 0.3) is 0 Å². The van der Waals surface area contributed by atoms with Gasteiger partial charge in [-0.25, -0.2) is 9.78 Å². The fourth-order valence-corrected chi connectivity index (χ4v) is 3.14. The molecule has 0 unspecified atom stereocenters. The maximum absolute atomic E-state index is 11.6. The molecule has 2 rings (SSSR count). The molecule has 134 valence electrons. The van der Waals surface area contributed by atoms with E-state index in [4.69, 9.17) is 25.8 Å². The molecule has 0 radical (unpaired) electrons. The minimum Gasteiger partial charge on any atom is -0.491 e. The van der Waals surface area contributed by atoms with Crippen molar-refractivity contribution in [2.24, 2.45) is 5.10 Å². The highest BCUT2D eigenvalue weighted by Crippen LogP contribution is 2.35. The van der Waals surface area contributed by atoms with E-state index in [-0.39, 0.29) is 0 Å². The SMILES string of the molecule is CCOc1cc(/C=N\Nc2nc(C)c(C(=O)OC)s2)cc(Cl)c1OC. The number of carbonyl (C=O) groups excluding carboxylic acids is 1. The van der Waals surface area contributed by atoms with Crippen molar-refractivity contribution >= 4 is 40.3 Å². The number of esters is 1. The third-order valence-corrected chi connectivity index (χ3v) is 4.40. The van der Waals surface area contributed by atoms with Gasteiger partial charge < -0.3 is 14.2 Å². The summed E-state index contributed by atoms with van der Waals surface area (Å²) in [6, 6.07) is 3.48. The lowest BCUT2D eigenvalue weighted by Crippen LogP contribution is -1.99. The number of benzene rings is 1. The summed E-state index contributed by atoms with van der Waals surface area (Å²) in [5, 5.41) is 5.02. The van der Waals surface area contributed by atoms with Gasteiger partial charge in [-0.3, -0.25) is 5.43 Å². The van der Waals surface area contributed by atoms with Crippen molar-refractivity contribution in [3.05, 3.63) is 33.3 Å². The smallest absolute Gasteiger partial charge is 0.350 e. The predicted molar refractivity (Wildman–Crippen MR) is 98.6 cm³/mol. The van der Waals surface area contributed by atoms with E-state index in [0.717, 1.165) is 5.56 Å². The van der Waals surface area contributed by atoms with Crippen molar-refractivity contribution in [3.8, 4) is 11.5 Å². The Kier molecular flexibility index (Phi) is 6.60. The molecule has 2 aromatic rings. The van der Waals surface area contributed by atoms with Crippen molar-refractivity contribution in [1.82, 2.24) is 4.98 Å². The predicted octanol–water partition coefficient (Wildman–Crippen LogP) is 3.74. The number of aryl methyl sites for hydroxylation is 1. The summed E-state index contributed by atoms with van der Waals surface area (Å²) < 4.78 is 15.5. The second-order valence-electron chi connectivity index (χ2n) is 4.76. The number of methoxy groups -OCH3 is 2. The van der Waals surface area contributed by atoms with Crippen LogP contribution in [0.4, 0.5) is 5.13 Å². The highest BCUT2D eigenvalue weighted by molar-refractivity contribution is 7.17. The zero-order valence-electron chi connectivity index (χ0n) is 14.3. The molecule has 9 heteroatoms. The standard InChI is InChI=1S/C16H18ClN3O4S/c1-5-24-12-7-10(6-11(17)13(12)22-3)8-18-20-16-19-9(2)14(25-16)15(21)23-4/h6-8H,5H2,1-4H3,(H,19,20)/b18-8-. The van der Waals surface area contributed by atoms with Crippen molar-refractivity contribution in [3.63, 3.8) is 0 Å². The van der Waals surface area contributed by atoms with E-state index in [0.29, 0.717) is 38.8 Å². The first-order valence-electron chi connectivity index (χ1n) is 7.35. The molecular weight excluding hydrogens is 366 g/mol. The van der Waals surface area contributed by atoms with Crippen LogP contribution in [0.5, 0.6) is 11.5 Å². The Morgan fingerprint density at radius 3 is 2.84 bits per heavy atom. The Labute approximate surface area is 154 Å². The Bertz CT molecular complexity index is 792. The van der Waals surface area contributed by atoms with Gasteiger partial charge in [0.05, 0.1) is 37.8 Å². The van der Waals surface area contributed by atoms with E-state index in [1.807, 2.05) is 6.92 Å². The lowest BCUT2D eigenvalue weighted by Gasteiger charge is -2.11. The van der Waals surface area contributed by atoms with E-state index in [9.17, 15) is 4.79 Å². The van der Waals surface area contributed by atoms with Gasteiger partial charge in [0.2, 0.25) is 5.13 Å². The van der Waals surface area contributed by atoms with Crippen LogP contribution >= 0.6 is 22.9 Å². The molecule has 0 saturated carbocycles. The van der Waals surface area contributed by atoms with Gasteiger partial charge in [-0.1, -0.05) is 22.9 Å². The summed E-state index contributed by atoms with van der Waals surface area (Å²) in [6.07, 6.45) is 1.57. The molecule has 0 atom stereocenters. The largest absolute Gasteiger partial charge is 0.491 e. The summed E-state index contributed by atoms with van der Waals surface area (Å²) in [5.74, 6) is 0.597. The molecule has 0 spiro atoms. The van der Waals surface area contributed by atoms with Gasteiger partial charge in [0.15, 0.2) is 11.5 Å². The van der Waals surface area contributed by atoms with Gasteiger partial charge in [-0.15, -0.1) is 0 Å². The Hall–Kier alpha value is -2.32. The van der Waals surface area contributed by atoms with Crippen LogP contribution < -0.4 is 14.9 Å². The molecular formula is C16H18ClN3O4S. The van der Waals surface area contributed by atoms with Gasteiger partial charge in [-0.05, 0) is 31.5 Å². The van der Waals surface area contributed by atoms with Crippen LogP contribution in [0.15, 0.2) is 17.2 Å². The minimum absolute atomic E-state index is 0.421. The van der Waals surface area contributed by atoms with E-state index in [2.05, 4.69) is 15.5 Å². The van der Waals surface area contributed by atoms with Crippen molar-refractivity contribution in [1.29, 1.82) is 0 Å². The molecule has 0 bridgehead atoms. The number of hydrazone groups is 1. The number of thiazole rings is 1. The molecule has 0 saturated heterocycles. The average molecular weight is 384 g/mol. The molecule has 1 heterocycles. The Morgan fingerprint density at radius 1 is 1.44 bits per heavy atom. The average Bonchev–Trinajstić information content (AvgIpc) is 2.95. The Balaban J connectivity index is 2.16. The van der Waals surface area contributed by atoms with E-state index in [1.54, 1.807) is 25.3 Å². The van der Waals surface area contributed by atoms with Gasteiger partial charge in [-0.2, -0.15) is 5.10 Å². The quantitative estimate of drug-likeness (QED) is 0.445. The molecule has 0 aliphatic rings. The number of halogens is 1. The summed E-state index contributed by atoms with van der Waals surface area (Å²) >= 11 is 7.36. The summed E-state index contributed by atoms with van der Waals surface area (Å²) in [6.45, 7) is 4.09. The molecule has 0 amide bonds. The second-order valence-corrected chi connectivity index (χ2v) is 6.17. The normalized spacial score (nSPS) is 10.8. The number of carbonyl (C=O) groups is 1. The van der Waals surface area contributed by atoms with Gasteiger partial charge >= 0.3 is 5.97 Å². The first-order valence-corrected chi connectivity index (χ1v) is 8.54. The second kappa shape index (κ2) is 8.68. The van der Waals surface area contributed by atoms with Crippen LogP contribution in [0.3, 0.4) is 0 Å². The fourth-order valence-electron chi connectivity index (χ4n) is 2.01. The van der Waals surface area contributed by atoms with Gasteiger partial charge in [0.1, 0.15) is 4.88 Å². The van der Waals surface area contributed by atoms with Crippen molar-refractivity contribution in [2.75, 3.05) is 26.3 Å². The number of anilines is 1. The molecule has 1 aromatic carbocycles. The number of hydrogen-bond acceptors (Lipinski definition) is 8. The third kappa shape index (κ3) is 4.61. The van der Waals surface area contributed by atoms with E-state index >= 15 is 0 Å². The van der Waals surface area contributed by atoms with Crippen molar-refractivity contribution in [2.45, 2.75) is 13.8 Å². The maximum atomic E-state index is 11.6. The zero-order valence-corrected chi connectivity index (χ0v) is 15.8. The summed E-state index contributed by atoms with van der Waals surface area (Å²) in [4.78, 5) is 16.2. The number of ether oxygens (including phenoxy) is 3. The van der Waals surface area contributed by atoms with Crippen LogP contribution in [0.1, 0.15) is 27.9 Å². The first-order chi connectivity index (χ1) is 12.0. The Morgan fingerprint density at radius 2 is 2.20 bits per heavy atom. The molecule has 1 aromatic heterocycles. The molecule has 25 heavy (non-hydrogen) atoms. The number of nitrogens with one attached hydrogen (secondary N) is 1. The minimum atomic E-state index is -0.421. The molecule has 7 nitrogen and oxygen atoms in total. The number of rotatable bonds is 7. The lowest BCUT2D eigenvalue weighted by molar-refractivity contribution is 0.0605. The molecule has 1 N–H and O–H groups in total. The number of hydrogen-bond donors (Lipinski definition) is 1. The maximum Gasteiger partial charge on any atom is 0.350 e. The molecule has 0 fully saturated rings. The van der Waals surface area contributed by atoms with Crippen LogP contribution in [0.2, 0.25) is 5.02 Å². The topological polar surface area (TPSA) is 82.0 Å². The van der Waals surface area contributed by atoms with Crippen LogP contribution in [-0.2, 0) is 4.74 Å². The highest BCUT2D eigenvalue weighted by Gasteiger charge is 2.15. The van der Waals surface area contributed by atoms with Gasteiger partial charge in [0.25, 0.3) is 0 Å². The lowest BCUT2D eigenvalue weighted by atomic mass is 10.2. The molecule has 0 aliphatic carbocycles. The number of aromatic nitrogens is 1. The van der Waals surface area contributed by atoms with E-state index in [1.165, 1.54) is 25.6 Å². The van der Waals surface area contributed by atoms with Crippen LogP contribution in [0, 0.1) is 6.92 Å². The zero-order chi connectivity index (χ0) is 18.4. The third-order valence-electron chi connectivity index (χ3n) is 3.08. The van der Waals surface area contributed by atoms with Crippen LogP contribution in [-0.4, -0.2) is 38.0 Å². The first kappa shape index (κ1) is 19.0. The monoisotopic (exact) mass is 383 g/mol.